The molecule has 1 atom stereocenters. The van der Waals surface area contributed by atoms with Crippen LogP contribution in [0.2, 0.25) is 0 Å². The Labute approximate surface area is 223 Å². The molecule has 3 aromatic carbocycles. The lowest BCUT2D eigenvalue weighted by atomic mass is 9.81. The maximum atomic E-state index is 14.3. The molecular weight excluding hydrogens is 475 g/mol. The summed E-state index contributed by atoms with van der Waals surface area (Å²) >= 11 is 0. The largest absolute Gasteiger partial charge is 0.459 e. The van der Waals surface area contributed by atoms with Crippen LogP contribution in [0.25, 0.3) is 0 Å². The van der Waals surface area contributed by atoms with Gasteiger partial charge in [0.2, 0.25) is 5.30 Å². The number of rotatable bonds is 8. The zero-order valence-corrected chi connectivity index (χ0v) is 24.8. The Kier molecular flexibility index (Phi) is 8.70. The maximum Gasteiger partial charge on any atom is 0.459 e. The average molecular weight is 516 g/mol. The van der Waals surface area contributed by atoms with Crippen LogP contribution in [0.5, 0.6) is 0 Å². The summed E-state index contributed by atoms with van der Waals surface area (Å²) in [7, 11) is -2.49. The smallest absolute Gasteiger partial charge is 0.288 e. The van der Waals surface area contributed by atoms with Crippen molar-refractivity contribution in [3.63, 3.8) is 0 Å². The topological polar surface area (TPSA) is 51.2 Å². The number of hydrogen-bond acceptors (Lipinski definition) is 3. The molecule has 194 valence electrons. The minimum absolute atomic E-state index is 0.138. The minimum atomic E-state index is -2.49. The first-order valence-corrected chi connectivity index (χ1v) is 14.4. The molecule has 0 fully saturated rings. The molecule has 0 aromatic heterocycles. The van der Waals surface area contributed by atoms with Gasteiger partial charge in [-0.05, 0) is 96.5 Å². The Morgan fingerprint density at radius 2 is 1.22 bits per heavy atom. The second-order valence-corrected chi connectivity index (χ2v) is 12.6. The van der Waals surface area contributed by atoms with Crippen LogP contribution in [0.4, 0.5) is 0 Å². The Morgan fingerprint density at radius 3 is 1.73 bits per heavy atom. The van der Waals surface area contributed by atoms with Crippen LogP contribution >= 0.6 is 7.80 Å². The SMILES string of the molecule is Cc1cc(C)c(C(=O)[P+](=O)c2ccccc2C(=O)c2c(C(C)C)cc(C(C)C)cc2C(C)C)c(C)c1C. The van der Waals surface area contributed by atoms with Crippen molar-refractivity contribution >= 4 is 24.4 Å². The molecule has 1 unspecified atom stereocenters. The Bertz CT molecular complexity index is 1360. The highest BCUT2D eigenvalue weighted by molar-refractivity contribution is 7.71. The molecule has 3 aromatic rings. The van der Waals surface area contributed by atoms with Crippen molar-refractivity contribution in [1.29, 1.82) is 0 Å². The molecule has 0 bridgehead atoms. The van der Waals surface area contributed by atoms with E-state index in [-0.39, 0.29) is 17.6 Å². The molecule has 0 radical (unpaired) electrons. The van der Waals surface area contributed by atoms with E-state index < -0.39 is 13.3 Å². The first-order chi connectivity index (χ1) is 17.3. The fraction of sp³-hybridized carbons (Fsp3) is 0.394. The molecule has 37 heavy (non-hydrogen) atoms. The summed E-state index contributed by atoms with van der Waals surface area (Å²) in [6.07, 6.45) is 0. The van der Waals surface area contributed by atoms with Crippen LogP contribution in [-0.4, -0.2) is 11.3 Å². The molecule has 3 nitrogen and oxygen atoms in total. The molecule has 0 saturated heterocycles. The van der Waals surface area contributed by atoms with Gasteiger partial charge in [-0.2, -0.15) is 0 Å². The van der Waals surface area contributed by atoms with E-state index in [0.717, 1.165) is 33.4 Å². The molecule has 4 heteroatoms. The molecule has 3 rings (SSSR count). The van der Waals surface area contributed by atoms with Gasteiger partial charge in [0, 0.05) is 5.56 Å². The molecule has 0 N–H and O–H groups in total. The van der Waals surface area contributed by atoms with Crippen molar-refractivity contribution in [2.24, 2.45) is 0 Å². The van der Waals surface area contributed by atoms with Gasteiger partial charge in [0.15, 0.2) is 5.78 Å². The molecule has 0 saturated carbocycles. The summed E-state index contributed by atoms with van der Waals surface area (Å²) in [5, 5.41) is 0.307. The average Bonchev–Trinajstić information content (AvgIpc) is 2.85. The van der Waals surface area contributed by atoms with Gasteiger partial charge in [-0.3, -0.25) is 4.79 Å². The predicted molar refractivity (Wildman–Crippen MR) is 156 cm³/mol. The van der Waals surface area contributed by atoms with E-state index >= 15 is 0 Å². The van der Waals surface area contributed by atoms with Crippen molar-refractivity contribution in [1.82, 2.24) is 0 Å². The molecule has 0 aliphatic heterocycles. The Balaban J connectivity index is 2.21. The summed E-state index contributed by atoms with van der Waals surface area (Å²) in [5.74, 6) is 0.447. The number of ketones is 1. The van der Waals surface area contributed by atoms with Gasteiger partial charge in [0.25, 0.3) is 0 Å². The highest BCUT2D eigenvalue weighted by Gasteiger charge is 2.39. The quantitative estimate of drug-likeness (QED) is 0.222. The zero-order chi connectivity index (χ0) is 27.8. The van der Waals surface area contributed by atoms with Gasteiger partial charge in [0.1, 0.15) is 0 Å². The number of carbonyl (C=O) groups excluding carboxylic acids is 2. The van der Waals surface area contributed by atoms with Crippen LogP contribution in [0, 0.1) is 27.7 Å². The summed E-state index contributed by atoms with van der Waals surface area (Å²) in [6.45, 7) is 20.5. The normalized spacial score (nSPS) is 12.0. The molecule has 0 spiro atoms. The van der Waals surface area contributed by atoms with Crippen molar-refractivity contribution in [2.75, 3.05) is 0 Å². The Hall–Kier alpha value is -2.90. The van der Waals surface area contributed by atoms with E-state index in [1.54, 1.807) is 24.3 Å². The van der Waals surface area contributed by atoms with Crippen LogP contribution in [0.15, 0.2) is 42.5 Å². The van der Waals surface area contributed by atoms with Crippen LogP contribution in [-0.2, 0) is 4.57 Å². The van der Waals surface area contributed by atoms with Crippen molar-refractivity contribution < 1.29 is 14.2 Å². The summed E-state index contributed by atoms with van der Waals surface area (Å²) in [4.78, 5) is 27.9. The number of aryl methyl sites for hydroxylation is 2. The fourth-order valence-corrected chi connectivity index (χ4v) is 6.40. The first-order valence-electron chi connectivity index (χ1n) is 13.2. The summed E-state index contributed by atoms with van der Waals surface area (Å²) < 4.78 is 13.8. The van der Waals surface area contributed by atoms with Gasteiger partial charge >= 0.3 is 13.3 Å². The number of benzene rings is 3. The van der Waals surface area contributed by atoms with Gasteiger partial charge in [0.05, 0.1) is 11.1 Å². The zero-order valence-electron chi connectivity index (χ0n) is 23.9. The molecule has 0 aliphatic rings. The van der Waals surface area contributed by atoms with Crippen LogP contribution in [0.3, 0.4) is 0 Å². The van der Waals surface area contributed by atoms with E-state index in [1.807, 2.05) is 33.8 Å². The van der Waals surface area contributed by atoms with Gasteiger partial charge in [-0.25, -0.2) is 4.79 Å². The molecule has 0 amide bonds. The molecular formula is C33H40O3P+. The minimum Gasteiger partial charge on any atom is -0.288 e. The second-order valence-electron chi connectivity index (χ2n) is 11.1. The van der Waals surface area contributed by atoms with Crippen LogP contribution < -0.4 is 5.30 Å². The highest BCUT2D eigenvalue weighted by Crippen LogP contribution is 2.36. The number of hydrogen-bond donors (Lipinski definition) is 0. The van der Waals surface area contributed by atoms with Crippen molar-refractivity contribution in [3.05, 3.63) is 98.1 Å². The standard InChI is InChI=1S/C33H40O3P/c1-18(2)25-16-27(19(3)4)31(28(17-25)20(5)6)32(34)26-13-11-12-14-29(26)37(36)33(35)30-22(8)15-21(7)23(9)24(30)10/h11-20H,1-10H3/q+1. The third kappa shape index (κ3) is 5.53. The van der Waals surface area contributed by atoms with Crippen molar-refractivity contribution in [3.8, 4) is 0 Å². The van der Waals surface area contributed by atoms with Gasteiger partial charge in [-0.1, -0.05) is 76.4 Å². The maximum absolute atomic E-state index is 14.3. The first kappa shape index (κ1) is 28.7. The third-order valence-electron chi connectivity index (χ3n) is 7.48. The van der Waals surface area contributed by atoms with Gasteiger partial charge in [-0.15, -0.1) is 0 Å². The lowest BCUT2D eigenvalue weighted by Crippen LogP contribution is -2.20. The number of carbonyl (C=O) groups is 2. The van der Waals surface area contributed by atoms with Gasteiger partial charge < -0.3 is 0 Å². The third-order valence-corrected chi connectivity index (χ3v) is 8.90. The van der Waals surface area contributed by atoms with E-state index in [1.165, 1.54) is 5.56 Å². The van der Waals surface area contributed by atoms with Crippen LogP contribution in [0.1, 0.15) is 125 Å². The van der Waals surface area contributed by atoms with E-state index in [2.05, 4.69) is 53.7 Å². The van der Waals surface area contributed by atoms with E-state index in [9.17, 15) is 14.2 Å². The Morgan fingerprint density at radius 1 is 0.676 bits per heavy atom. The van der Waals surface area contributed by atoms with Crippen molar-refractivity contribution in [2.45, 2.75) is 87.0 Å². The fourth-order valence-electron chi connectivity index (χ4n) is 5.02. The van der Waals surface area contributed by atoms with E-state index in [4.69, 9.17) is 0 Å². The lowest BCUT2D eigenvalue weighted by Gasteiger charge is -2.22. The predicted octanol–water partition coefficient (Wildman–Crippen LogP) is 8.81. The molecule has 0 aliphatic carbocycles. The van der Waals surface area contributed by atoms with E-state index in [0.29, 0.717) is 27.9 Å². The highest BCUT2D eigenvalue weighted by atomic mass is 31.1. The second kappa shape index (κ2) is 11.2. The molecule has 0 heterocycles. The monoisotopic (exact) mass is 515 g/mol. The summed E-state index contributed by atoms with van der Waals surface area (Å²) in [6, 6.07) is 13.2. The summed E-state index contributed by atoms with van der Waals surface area (Å²) in [5.41, 5.74) is 8.09. The lowest BCUT2D eigenvalue weighted by molar-refractivity contribution is 0.103.